The smallest absolute Gasteiger partial charge is 0.265 e. The van der Waals surface area contributed by atoms with Crippen LogP contribution < -0.4 is 20.1 Å². The number of nitrogens with one attached hydrogen (secondary N) is 2. The van der Waals surface area contributed by atoms with E-state index >= 15 is 0 Å². The predicted octanol–water partition coefficient (Wildman–Crippen LogP) is 4.34. The highest BCUT2D eigenvalue weighted by atomic mass is 32.1. The molecule has 7 heteroatoms. The van der Waals surface area contributed by atoms with Crippen molar-refractivity contribution in [2.24, 2.45) is 0 Å². The SMILES string of the molecule is CCOc1ccc(CNC(=O)c2cccc(NC(=O)c3cccs3)c2)cc1OC. The molecule has 1 heterocycles. The van der Waals surface area contributed by atoms with E-state index in [1.165, 1.54) is 11.3 Å². The largest absolute Gasteiger partial charge is 0.493 e. The average molecular weight is 410 g/mol. The second-order valence-electron chi connectivity index (χ2n) is 6.11. The van der Waals surface area contributed by atoms with Crippen LogP contribution in [0, 0.1) is 0 Å². The van der Waals surface area contributed by atoms with Crippen LogP contribution in [-0.2, 0) is 6.54 Å². The van der Waals surface area contributed by atoms with E-state index in [0.717, 1.165) is 5.56 Å². The molecule has 2 amide bonds. The highest BCUT2D eigenvalue weighted by Crippen LogP contribution is 2.28. The van der Waals surface area contributed by atoms with Crippen molar-refractivity contribution in [2.75, 3.05) is 19.0 Å². The zero-order valence-electron chi connectivity index (χ0n) is 16.2. The molecule has 0 fully saturated rings. The Morgan fingerprint density at radius 3 is 2.59 bits per heavy atom. The molecule has 0 saturated carbocycles. The lowest BCUT2D eigenvalue weighted by molar-refractivity contribution is 0.0949. The lowest BCUT2D eigenvalue weighted by Crippen LogP contribution is -2.23. The molecule has 0 aliphatic carbocycles. The summed E-state index contributed by atoms with van der Waals surface area (Å²) in [7, 11) is 1.58. The van der Waals surface area contributed by atoms with Gasteiger partial charge in [-0.15, -0.1) is 11.3 Å². The summed E-state index contributed by atoms with van der Waals surface area (Å²) in [6.45, 7) is 2.80. The van der Waals surface area contributed by atoms with Crippen LogP contribution in [0.2, 0.25) is 0 Å². The van der Waals surface area contributed by atoms with Gasteiger partial charge in [-0.2, -0.15) is 0 Å². The van der Waals surface area contributed by atoms with E-state index in [1.807, 2.05) is 36.6 Å². The normalized spacial score (nSPS) is 10.3. The minimum absolute atomic E-state index is 0.195. The molecule has 3 aromatic rings. The zero-order chi connectivity index (χ0) is 20.6. The summed E-state index contributed by atoms with van der Waals surface area (Å²) in [5.74, 6) is 0.861. The van der Waals surface area contributed by atoms with Crippen molar-refractivity contribution in [1.29, 1.82) is 0 Å². The van der Waals surface area contributed by atoms with Gasteiger partial charge in [0.05, 0.1) is 18.6 Å². The number of thiophene rings is 1. The van der Waals surface area contributed by atoms with Crippen molar-refractivity contribution in [1.82, 2.24) is 5.32 Å². The maximum absolute atomic E-state index is 12.5. The van der Waals surface area contributed by atoms with Gasteiger partial charge in [0, 0.05) is 17.8 Å². The fraction of sp³-hybridized carbons (Fsp3) is 0.182. The molecule has 0 atom stereocenters. The second-order valence-corrected chi connectivity index (χ2v) is 7.06. The Morgan fingerprint density at radius 1 is 1.00 bits per heavy atom. The van der Waals surface area contributed by atoms with Gasteiger partial charge in [-0.25, -0.2) is 0 Å². The molecule has 0 unspecified atom stereocenters. The first kappa shape index (κ1) is 20.4. The molecule has 0 saturated heterocycles. The molecule has 2 aromatic carbocycles. The van der Waals surface area contributed by atoms with E-state index in [4.69, 9.17) is 9.47 Å². The van der Waals surface area contributed by atoms with Crippen LogP contribution >= 0.6 is 11.3 Å². The summed E-state index contributed by atoms with van der Waals surface area (Å²) in [6.07, 6.45) is 0. The van der Waals surface area contributed by atoms with Gasteiger partial charge in [0.1, 0.15) is 0 Å². The van der Waals surface area contributed by atoms with Crippen LogP contribution in [0.3, 0.4) is 0 Å². The summed E-state index contributed by atoms with van der Waals surface area (Å²) in [5, 5.41) is 7.53. The van der Waals surface area contributed by atoms with Gasteiger partial charge >= 0.3 is 0 Å². The Hall–Kier alpha value is -3.32. The molecule has 0 bridgehead atoms. The number of rotatable bonds is 8. The zero-order valence-corrected chi connectivity index (χ0v) is 17.0. The van der Waals surface area contributed by atoms with Crippen LogP contribution in [0.15, 0.2) is 60.0 Å². The number of hydrogen-bond donors (Lipinski definition) is 2. The highest BCUT2D eigenvalue weighted by molar-refractivity contribution is 7.12. The number of hydrogen-bond acceptors (Lipinski definition) is 5. The van der Waals surface area contributed by atoms with Gasteiger partial charge in [0.2, 0.25) is 0 Å². The quantitative estimate of drug-likeness (QED) is 0.579. The Labute approximate surface area is 173 Å². The molecule has 6 nitrogen and oxygen atoms in total. The highest BCUT2D eigenvalue weighted by Gasteiger charge is 2.11. The van der Waals surface area contributed by atoms with E-state index in [2.05, 4.69) is 10.6 Å². The van der Waals surface area contributed by atoms with Gasteiger partial charge in [0.25, 0.3) is 11.8 Å². The molecule has 29 heavy (non-hydrogen) atoms. The van der Waals surface area contributed by atoms with E-state index in [9.17, 15) is 9.59 Å². The number of methoxy groups -OCH3 is 1. The van der Waals surface area contributed by atoms with Crippen LogP contribution in [0.25, 0.3) is 0 Å². The molecule has 150 valence electrons. The van der Waals surface area contributed by atoms with Gasteiger partial charge < -0.3 is 20.1 Å². The number of benzene rings is 2. The second kappa shape index (κ2) is 9.75. The third-order valence-electron chi connectivity index (χ3n) is 4.11. The Bertz CT molecular complexity index is 986. The Balaban J connectivity index is 1.63. The minimum Gasteiger partial charge on any atom is -0.493 e. The molecule has 0 aliphatic heterocycles. The van der Waals surface area contributed by atoms with Crippen molar-refractivity contribution in [2.45, 2.75) is 13.5 Å². The monoisotopic (exact) mass is 410 g/mol. The van der Waals surface area contributed by atoms with Gasteiger partial charge in [-0.1, -0.05) is 18.2 Å². The predicted molar refractivity (Wildman–Crippen MR) is 114 cm³/mol. The molecule has 3 rings (SSSR count). The Kier molecular flexibility index (Phi) is 6.86. The number of carbonyl (C=O) groups excluding carboxylic acids is 2. The fourth-order valence-electron chi connectivity index (χ4n) is 2.72. The first-order valence-electron chi connectivity index (χ1n) is 9.13. The molecule has 0 aliphatic rings. The summed E-state index contributed by atoms with van der Waals surface area (Å²) < 4.78 is 10.8. The van der Waals surface area contributed by atoms with Crippen LogP contribution in [-0.4, -0.2) is 25.5 Å². The lowest BCUT2D eigenvalue weighted by atomic mass is 10.1. The third kappa shape index (κ3) is 5.36. The fourth-order valence-corrected chi connectivity index (χ4v) is 3.34. The number of carbonyl (C=O) groups is 2. The number of ether oxygens (including phenoxy) is 2. The Morgan fingerprint density at radius 2 is 1.86 bits per heavy atom. The average Bonchev–Trinajstić information content (AvgIpc) is 3.28. The molecular weight excluding hydrogens is 388 g/mol. The van der Waals surface area contributed by atoms with Crippen molar-refractivity contribution in [3.8, 4) is 11.5 Å². The third-order valence-corrected chi connectivity index (χ3v) is 4.98. The van der Waals surface area contributed by atoms with E-state index in [0.29, 0.717) is 40.8 Å². The van der Waals surface area contributed by atoms with Gasteiger partial charge in [0.15, 0.2) is 11.5 Å². The van der Waals surface area contributed by atoms with E-state index in [1.54, 1.807) is 37.4 Å². The van der Waals surface area contributed by atoms with Crippen LogP contribution in [0.5, 0.6) is 11.5 Å². The molecule has 0 radical (unpaired) electrons. The lowest BCUT2D eigenvalue weighted by Gasteiger charge is -2.12. The molecule has 2 N–H and O–H groups in total. The number of amides is 2. The first-order valence-corrected chi connectivity index (χ1v) is 10.0. The summed E-state index contributed by atoms with van der Waals surface area (Å²) in [6, 6.07) is 16.0. The number of anilines is 1. The molecule has 0 spiro atoms. The molecular formula is C22H22N2O4S. The van der Waals surface area contributed by atoms with E-state index < -0.39 is 0 Å². The van der Waals surface area contributed by atoms with Crippen molar-refractivity contribution in [3.05, 3.63) is 76.0 Å². The van der Waals surface area contributed by atoms with Crippen LogP contribution in [0.4, 0.5) is 5.69 Å². The first-order chi connectivity index (χ1) is 14.1. The summed E-state index contributed by atoms with van der Waals surface area (Å²) >= 11 is 1.36. The van der Waals surface area contributed by atoms with Gasteiger partial charge in [-0.3, -0.25) is 9.59 Å². The summed E-state index contributed by atoms with van der Waals surface area (Å²) in [5.41, 5.74) is 1.92. The molecule has 1 aromatic heterocycles. The van der Waals surface area contributed by atoms with Crippen LogP contribution in [0.1, 0.15) is 32.5 Å². The summed E-state index contributed by atoms with van der Waals surface area (Å²) in [4.78, 5) is 25.3. The maximum atomic E-state index is 12.5. The van der Waals surface area contributed by atoms with Gasteiger partial charge in [-0.05, 0) is 54.3 Å². The maximum Gasteiger partial charge on any atom is 0.265 e. The van der Waals surface area contributed by atoms with Crippen molar-refractivity contribution < 1.29 is 19.1 Å². The standard InChI is InChI=1S/C22H22N2O4S/c1-3-28-18-10-9-15(12-19(18)27-2)14-23-21(25)16-6-4-7-17(13-16)24-22(26)20-8-5-11-29-20/h4-13H,3,14H2,1-2H3,(H,23,25)(H,24,26). The van der Waals surface area contributed by atoms with Crippen molar-refractivity contribution >= 4 is 28.8 Å². The van der Waals surface area contributed by atoms with Crippen molar-refractivity contribution in [3.63, 3.8) is 0 Å². The topological polar surface area (TPSA) is 76.7 Å². The minimum atomic E-state index is -0.231. The van der Waals surface area contributed by atoms with E-state index in [-0.39, 0.29) is 11.8 Å².